The largest absolute Gasteiger partial charge is 0.456 e. The zero-order chi connectivity index (χ0) is 45.7. The molecule has 324 valence electrons. The van der Waals surface area contributed by atoms with Gasteiger partial charge in [0.15, 0.2) is 0 Å². The maximum Gasteiger partial charge on any atom is 0.137 e. The summed E-state index contributed by atoms with van der Waals surface area (Å²) in [6, 6.07) is 93.0. The van der Waals surface area contributed by atoms with Crippen LogP contribution < -0.4 is 4.90 Å². The molecule has 0 bridgehead atoms. The van der Waals surface area contributed by atoms with Gasteiger partial charge in [-0.25, -0.2) is 0 Å². The quantitative estimate of drug-likeness (QED) is 0.175. The second-order valence-electron chi connectivity index (χ2n) is 19.4. The van der Waals surface area contributed by atoms with Crippen molar-refractivity contribution in [2.45, 2.75) is 10.8 Å². The number of nitrogens with zero attached hydrogens (tertiary/aromatic N) is 1. The second kappa shape index (κ2) is 13.8. The summed E-state index contributed by atoms with van der Waals surface area (Å²) >= 11 is 0. The molecule has 0 saturated carbocycles. The molecule has 12 aromatic rings. The van der Waals surface area contributed by atoms with E-state index >= 15 is 0 Å². The minimum Gasteiger partial charge on any atom is -0.456 e. The standard InChI is InChI=1S/C68H41NO/c1-2-17-42(18-3-1)43-33-36-51-52-37-34-45(41-62(52)68(61(51)39-43)57-27-12-6-21-48(57)49-22-7-13-28-58(49)68)69(63-30-16-32-65-66(63)53-24-9-15-31-64(53)70-65)44-35-38-60-54(40-44)50-23-8-14-29-59(50)67(60)55-25-10-4-19-46(55)47-20-5-11-26-56(47)67/h1-41H. The first kappa shape index (κ1) is 38.0. The van der Waals surface area contributed by atoms with Gasteiger partial charge in [0, 0.05) is 16.8 Å². The van der Waals surface area contributed by atoms with Gasteiger partial charge in [-0.3, -0.25) is 0 Å². The van der Waals surface area contributed by atoms with Gasteiger partial charge in [0.1, 0.15) is 11.2 Å². The predicted molar refractivity (Wildman–Crippen MR) is 286 cm³/mol. The van der Waals surface area contributed by atoms with Crippen molar-refractivity contribution in [3.8, 4) is 55.6 Å². The average Bonchev–Trinajstić information content (AvgIpc) is 4.20. The van der Waals surface area contributed by atoms with E-state index in [-0.39, 0.29) is 0 Å². The third-order valence-corrected chi connectivity index (χ3v) is 16.3. The Hall–Kier alpha value is -8.98. The van der Waals surface area contributed by atoms with Gasteiger partial charge in [0.2, 0.25) is 0 Å². The van der Waals surface area contributed by atoms with Crippen molar-refractivity contribution >= 4 is 39.0 Å². The van der Waals surface area contributed by atoms with E-state index < -0.39 is 10.8 Å². The molecule has 2 nitrogen and oxygen atoms in total. The molecule has 2 heteroatoms. The number of hydrogen-bond donors (Lipinski definition) is 0. The third kappa shape index (κ3) is 4.68. The van der Waals surface area contributed by atoms with Crippen LogP contribution in [0.25, 0.3) is 77.6 Å². The lowest BCUT2D eigenvalue weighted by atomic mass is 9.70. The summed E-state index contributed by atoms with van der Waals surface area (Å²) in [5.41, 5.74) is 27.3. The highest BCUT2D eigenvalue weighted by atomic mass is 16.3. The molecule has 2 spiro atoms. The molecule has 0 atom stereocenters. The third-order valence-electron chi connectivity index (χ3n) is 16.3. The number of rotatable bonds is 4. The van der Waals surface area contributed by atoms with Gasteiger partial charge in [-0.05, 0) is 149 Å². The van der Waals surface area contributed by atoms with E-state index in [0.29, 0.717) is 0 Å². The van der Waals surface area contributed by atoms with Crippen LogP contribution in [0, 0.1) is 0 Å². The Kier molecular flexibility index (Phi) is 7.51. The van der Waals surface area contributed by atoms with Crippen molar-refractivity contribution in [3.05, 3.63) is 293 Å². The summed E-state index contributed by atoms with van der Waals surface area (Å²) in [6.45, 7) is 0. The van der Waals surface area contributed by atoms with Crippen LogP contribution in [0.5, 0.6) is 0 Å². The molecule has 70 heavy (non-hydrogen) atoms. The molecule has 0 amide bonds. The fourth-order valence-corrected chi connectivity index (χ4v) is 13.7. The first-order valence-corrected chi connectivity index (χ1v) is 24.4. The number of para-hydroxylation sites is 1. The lowest BCUT2D eigenvalue weighted by Gasteiger charge is -2.33. The van der Waals surface area contributed by atoms with Gasteiger partial charge in [0.25, 0.3) is 0 Å². The average molecular weight is 888 g/mol. The van der Waals surface area contributed by atoms with E-state index in [1.54, 1.807) is 0 Å². The number of fused-ring (bicyclic) bond motifs is 23. The first-order chi connectivity index (χ1) is 34.7. The van der Waals surface area contributed by atoms with E-state index in [2.05, 4.69) is 254 Å². The number of furan rings is 1. The summed E-state index contributed by atoms with van der Waals surface area (Å²) in [7, 11) is 0. The van der Waals surface area contributed by atoms with Crippen LogP contribution in [-0.4, -0.2) is 0 Å². The van der Waals surface area contributed by atoms with Crippen molar-refractivity contribution in [2.24, 2.45) is 0 Å². The molecular formula is C68H41NO. The van der Waals surface area contributed by atoms with Crippen molar-refractivity contribution in [3.63, 3.8) is 0 Å². The molecule has 0 saturated heterocycles. The molecule has 0 N–H and O–H groups in total. The summed E-state index contributed by atoms with van der Waals surface area (Å²) in [4.78, 5) is 2.51. The Morgan fingerprint density at radius 1 is 0.271 bits per heavy atom. The van der Waals surface area contributed by atoms with E-state index in [1.165, 1.54) is 100 Å². The van der Waals surface area contributed by atoms with Crippen LogP contribution in [0.1, 0.15) is 44.5 Å². The zero-order valence-electron chi connectivity index (χ0n) is 38.0. The molecule has 11 aromatic carbocycles. The lowest BCUT2D eigenvalue weighted by Crippen LogP contribution is -2.26. The van der Waals surface area contributed by atoms with Gasteiger partial charge in [-0.2, -0.15) is 0 Å². The summed E-state index contributed by atoms with van der Waals surface area (Å²) < 4.78 is 6.66. The van der Waals surface area contributed by atoms with Gasteiger partial charge in [-0.15, -0.1) is 0 Å². The van der Waals surface area contributed by atoms with Crippen LogP contribution in [0.3, 0.4) is 0 Å². The topological polar surface area (TPSA) is 16.4 Å². The Labute approximate surface area is 406 Å². The van der Waals surface area contributed by atoms with Crippen molar-refractivity contribution in [1.82, 2.24) is 0 Å². The van der Waals surface area contributed by atoms with Gasteiger partial charge in [-0.1, -0.05) is 200 Å². The Morgan fingerprint density at radius 2 is 0.714 bits per heavy atom. The molecule has 4 aliphatic rings. The Bertz CT molecular complexity index is 4120. The summed E-state index contributed by atoms with van der Waals surface area (Å²) in [5.74, 6) is 0. The fourth-order valence-electron chi connectivity index (χ4n) is 13.7. The molecule has 4 aliphatic carbocycles. The predicted octanol–water partition coefficient (Wildman–Crippen LogP) is 17.4. The summed E-state index contributed by atoms with van der Waals surface area (Å²) in [5, 5.41) is 2.19. The van der Waals surface area contributed by atoms with Gasteiger partial charge in [0.05, 0.1) is 21.9 Å². The Morgan fingerprint density at radius 3 is 1.34 bits per heavy atom. The molecule has 0 unspecified atom stereocenters. The van der Waals surface area contributed by atoms with Crippen molar-refractivity contribution in [1.29, 1.82) is 0 Å². The normalized spacial score (nSPS) is 14.2. The SMILES string of the molecule is c1ccc(-c2ccc3c(c2)C2(c4ccccc4-c4ccccc42)c2cc(N(c4ccc5c(c4)-c4ccccc4C54c5ccccc5-c5ccccc54)c4cccc5oc6ccccc6c45)ccc2-3)cc1. The van der Waals surface area contributed by atoms with Gasteiger partial charge < -0.3 is 9.32 Å². The minimum absolute atomic E-state index is 0.434. The second-order valence-corrected chi connectivity index (χ2v) is 19.4. The molecule has 1 aromatic heterocycles. The van der Waals surface area contributed by atoms with Crippen LogP contribution in [0.4, 0.5) is 17.1 Å². The monoisotopic (exact) mass is 887 g/mol. The number of hydrogen-bond acceptors (Lipinski definition) is 2. The molecule has 0 aliphatic heterocycles. The minimum atomic E-state index is -0.550. The van der Waals surface area contributed by atoms with Crippen LogP contribution >= 0.6 is 0 Å². The van der Waals surface area contributed by atoms with Crippen LogP contribution in [0.15, 0.2) is 253 Å². The highest BCUT2D eigenvalue weighted by molar-refractivity contribution is 6.14. The van der Waals surface area contributed by atoms with E-state index in [0.717, 1.165) is 39.0 Å². The maximum absolute atomic E-state index is 6.66. The van der Waals surface area contributed by atoms with E-state index in [9.17, 15) is 0 Å². The van der Waals surface area contributed by atoms with E-state index in [4.69, 9.17) is 4.42 Å². The van der Waals surface area contributed by atoms with Crippen LogP contribution in [0.2, 0.25) is 0 Å². The highest BCUT2D eigenvalue weighted by Crippen LogP contribution is 2.66. The molecular weight excluding hydrogens is 847 g/mol. The number of anilines is 3. The fraction of sp³-hybridized carbons (Fsp3) is 0.0294. The lowest BCUT2D eigenvalue weighted by molar-refractivity contribution is 0.669. The molecule has 16 rings (SSSR count). The Balaban J connectivity index is 0.983. The van der Waals surface area contributed by atoms with Crippen molar-refractivity contribution < 1.29 is 4.42 Å². The maximum atomic E-state index is 6.66. The smallest absolute Gasteiger partial charge is 0.137 e. The number of benzene rings is 11. The molecule has 0 fully saturated rings. The zero-order valence-corrected chi connectivity index (χ0v) is 38.0. The van der Waals surface area contributed by atoms with Crippen LogP contribution in [-0.2, 0) is 10.8 Å². The highest BCUT2D eigenvalue weighted by Gasteiger charge is 2.53. The molecule has 1 heterocycles. The van der Waals surface area contributed by atoms with E-state index in [1.807, 2.05) is 0 Å². The van der Waals surface area contributed by atoms with Crippen molar-refractivity contribution in [2.75, 3.05) is 4.90 Å². The first-order valence-electron chi connectivity index (χ1n) is 24.4. The van der Waals surface area contributed by atoms with Gasteiger partial charge >= 0.3 is 0 Å². The summed E-state index contributed by atoms with van der Waals surface area (Å²) in [6.07, 6.45) is 0. The molecule has 0 radical (unpaired) electrons.